The normalized spacial score (nSPS) is 11.5. The van der Waals surface area contributed by atoms with Crippen molar-refractivity contribution in [2.75, 3.05) is 6.61 Å². The van der Waals surface area contributed by atoms with Gasteiger partial charge in [-0.1, -0.05) is 13.8 Å². The summed E-state index contributed by atoms with van der Waals surface area (Å²) < 4.78 is 45.6. The zero-order chi connectivity index (χ0) is 22.8. The number of aryl methyl sites for hydroxylation is 1. The fraction of sp³-hybridized carbons (Fsp3) is 0.263. The van der Waals surface area contributed by atoms with Gasteiger partial charge in [0.2, 0.25) is 0 Å². The summed E-state index contributed by atoms with van der Waals surface area (Å²) >= 11 is 6.29. The molecule has 30 heavy (non-hydrogen) atoms. The molecule has 7 nitrogen and oxygen atoms in total. The van der Waals surface area contributed by atoms with Gasteiger partial charge in [0.05, 0.1) is 10.5 Å². The lowest BCUT2D eigenvalue weighted by atomic mass is 10.0. The van der Waals surface area contributed by atoms with Crippen molar-refractivity contribution in [2.24, 2.45) is 0 Å². The summed E-state index contributed by atoms with van der Waals surface area (Å²) in [5.41, 5.74) is 1.00. The number of hydrogen-bond donors (Lipinski definition) is 1. The number of esters is 2. The molecule has 0 heterocycles. The molecule has 0 aliphatic heterocycles. The minimum Gasteiger partial charge on any atom is -0.450 e. The minimum atomic E-state index is -4.42. The monoisotopic (exact) mass is 770 g/mol. The Labute approximate surface area is 215 Å². The third-order valence-electron chi connectivity index (χ3n) is 3.98. The Kier molecular flexibility index (Phi) is 8.92. The van der Waals surface area contributed by atoms with Gasteiger partial charge in [0, 0.05) is 10.7 Å². The molecule has 0 amide bonds. The van der Waals surface area contributed by atoms with Gasteiger partial charge in [-0.2, -0.15) is 8.42 Å². The quantitative estimate of drug-likeness (QED) is 0.146. The fourth-order valence-corrected chi connectivity index (χ4v) is 5.63. The lowest BCUT2D eigenvalue weighted by molar-refractivity contribution is -0.137. The van der Waals surface area contributed by atoms with Crippen LogP contribution in [0.5, 0.6) is 5.75 Å². The number of ether oxygens (including phenoxy) is 2. The summed E-state index contributed by atoms with van der Waals surface area (Å²) in [6.07, 6.45) is 0. The SMILES string of the molecule is Cc1cc(S(=O)(=O)O)c(C(C)C)cc1OC(=O)COC(=O)c1cc(I)c(I)cc1I. The number of halogens is 3. The van der Waals surface area contributed by atoms with E-state index in [1.165, 1.54) is 12.1 Å². The highest BCUT2D eigenvalue weighted by atomic mass is 127. The molecule has 0 aliphatic carbocycles. The van der Waals surface area contributed by atoms with Crippen LogP contribution in [0.3, 0.4) is 0 Å². The standard InChI is InChI=1S/C19H17I3O7S/c1-9(2)11-6-16(10(3)4-17(11)30(25,26)27)29-18(23)8-28-19(24)12-5-14(21)15(22)7-13(12)20/h4-7,9H,8H2,1-3H3,(H,25,26,27). The fourth-order valence-electron chi connectivity index (χ4n) is 2.50. The largest absolute Gasteiger partial charge is 0.450 e. The molecule has 0 aliphatic rings. The van der Waals surface area contributed by atoms with E-state index in [4.69, 9.17) is 9.47 Å². The first kappa shape index (κ1) is 25.7. The van der Waals surface area contributed by atoms with E-state index in [1.54, 1.807) is 26.8 Å². The molecule has 2 aromatic rings. The maximum absolute atomic E-state index is 12.3. The van der Waals surface area contributed by atoms with Crippen molar-refractivity contribution in [3.8, 4) is 5.75 Å². The molecule has 0 spiro atoms. The highest BCUT2D eigenvalue weighted by molar-refractivity contribution is 14.1. The maximum Gasteiger partial charge on any atom is 0.349 e. The predicted octanol–water partition coefficient (Wildman–Crippen LogP) is 4.94. The summed E-state index contributed by atoms with van der Waals surface area (Å²) in [6.45, 7) is 4.44. The molecule has 0 saturated heterocycles. The van der Waals surface area contributed by atoms with Crippen LogP contribution >= 0.6 is 67.8 Å². The van der Waals surface area contributed by atoms with Crippen LogP contribution in [0, 0.1) is 17.6 Å². The molecule has 11 heteroatoms. The molecule has 0 fully saturated rings. The average Bonchev–Trinajstić information content (AvgIpc) is 2.63. The van der Waals surface area contributed by atoms with Gasteiger partial charge in [-0.05, 0) is 116 Å². The Balaban J connectivity index is 2.16. The zero-order valence-corrected chi connectivity index (χ0v) is 23.3. The summed E-state index contributed by atoms with van der Waals surface area (Å²) in [7, 11) is -4.42. The van der Waals surface area contributed by atoms with E-state index >= 15 is 0 Å². The first-order chi connectivity index (χ1) is 13.8. The number of hydrogen-bond acceptors (Lipinski definition) is 6. The lowest BCUT2D eigenvalue weighted by Crippen LogP contribution is -2.20. The van der Waals surface area contributed by atoms with Crippen molar-refractivity contribution in [1.82, 2.24) is 0 Å². The van der Waals surface area contributed by atoms with Gasteiger partial charge in [0.15, 0.2) is 6.61 Å². The van der Waals surface area contributed by atoms with Gasteiger partial charge >= 0.3 is 11.9 Å². The first-order valence-corrected chi connectivity index (χ1v) is 13.1. The van der Waals surface area contributed by atoms with E-state index in [9.17, 15) is 22.6 Å². The highest BCUT2D eigenvalue weighted by Crippen LogP contribution is 2.31. The van der Waals surface area contributed by atoms with Crippen LogP contribution in [-0.2, 0) is 19.6 Å². The van der Waals surface area contributed by atoms with Gasteiger partial charge in [0.25, 0.3) is 10.1 Å². The average molecular weight is 770 g/mol. The molecule has 0 aromatic heterocycles. The van der Waals surface area contributed by atoms with Crippen molar-refractivity contribution in [2.45, 2.75) is 31.6 Å². The van der Waals surface area contributed by atoms with Crippen molar-refractivity contribution in [3.05, 3.63) is 51.7 Å². The molecule has 0 bridgehead atoms. The molecule has 2 rings (SSSR count). The first-order valence-electron chi connectivity index (χ1n) is 8.45. The number of rotatable bonds is 6. The van der Waals surface area contributed by atoms with E-state index in [1.807, 2.05) is 28.7 Å². The van der Waals surface area contributed by atoms with E-state index in [0.29, 0.717) is 20.3 Å². The van der Waals surface area contributed by atoms with Crippen LogP contribution in [-0.4, -0.2) is 31.5 Å². The molecule has 0 radical (unpaired) electrons. The van der Waals surface area contributed by atoms with Crippen molar-refractivity contribution in [3.63, 3.8) is 0 Å². The Morgan fingerprint density at radius 1 is 1.03 bits per heavy atom. The lowest BCUT2D eigenvalue weighted by Gasteiger charge is -2.15. The minimum absolute atomic E-state index is 0.130. The molecule has 1 N–H and O–H groups in total. The van der Waals surface area contributed by atoms with Crippen LogP contribution in [0.25, 0.3) is 0 Å². The number of carbonyl (C=O) groups excluding carboxylic acids is 2. The summed E-state index contributed by atoms with van der Waals surface area (Å²) in [6, 6.07) is 6.17. The van der Waals surface area contributed by atoms with Crippen molar-refractivity contribution in [1.29, 1.82) is 0 Å². The second-order valence-electron chi connectivity index (χ2n) is 6.58. The Bertz CT molecular complexity index is 1110. The summed E-state index contributed by atoms with van der Waals surface area (Å²) in [5.74, 6) is -1.57. The van der Waals surface area contributed by atoms with Crippen LogP contribution in [0.15, 0.2) is 29.2 Å². The number of benzene rings is 2. The van der Waals surface area contributed by atoms with Crippen LogP contribution < -0.4 is 4.74 Å². The smallest absolute Gasteiger partial charge is 0.349 e. The topological polar surface area (TPSA) is 107 Å². The Morgan fingerprint density at radius 2 is 1.63 bits per heavy atom. The summed E-state index contributed by atoms with van der Waals surface area (Å²) in [4.78, 5) is 24.3. The maximum atomic E-state index is 12.3. The van der Waals surface area contributed by atoms with E-state index < -0.39 is 28.7 Å². The van der Waals surface area contributed by atoms with Gasteiger partial charge in [-0.25, -0.2) is 9.59 Å². The molecule has 0 unspecified atom stereocenters. The van der Waals surface area contributed by atoms with Crippen LogP contribution in [0.2, 0.25) is 0 Å². The zero-order valence-electron chi connectivity index (χ0n) is 16.0. The second kappa shape index (κ2) is 10.4. The van der Waals surface area contributed by atoms with Gasteiger partial charge in [-0.3, -0.25) is 4.55 Å². The van der Waals surface area contributed by atoms with E-state index in [0.717, 1.165) is 7.14 Å². The Hall–Kier alpha value is -0.520. The molecular formula is C19H17I3O7S. The van der Waals surface area contributed by atoms with E-state index in [-0.39, 0.29) is 16.6 Å². The third kappa shape index (κ3) is 6.49. The number of carbonyl (C=O) groups is 2. The summed E-state index contributed by atoms with van der Waals surface area (Å²) in [5, 5.41) is 0. The molecule has 0 atom stereocenters. The Morgan fingerprint density at radius 3 is 2.20 bits per heavy atom. The predicted molar refractivity (Wildman–Crippen MR) is 136 cm³/mol. The molecule has 162 valence electrons. The van der Waals surface area contributed by atoms with Gasteiger partial charge in [-0.15, -0.1) is 0 Å². The molecular weight excluding hydrogens is 753 g/mol. The van der Waals surface area contributed by atoms with Crippen molar-refractivity contribution >= 4 is 89.8 Å². The van der Waals surface area contributed by atoms with Crippen LogP contribution in [0.4, 0.5) is 0 Å². The van der Waals surface area contributed by atoms with Crippen LogP contribution in [0.1, 0.15) is 41.3 Å². The molecule has 0 saturated carbocycles. The molecule has 2 aromatic carbocycles. The second-order valence-corrected chi connectivity index (χ2v) is 11.5. The van der Waals surface area contributed by atoms with Gasteiger partial charge in [0.1, 0.15) is 5.75 Å². The highest BCUT2D eigenvalue weighted by Gasteiger charge is 2.22. The third-order valence-corrected chi connectivity index (χ3v) is 8.60. The van der Waals surface area contributed by atoms with Crippen molar-refractivity contribution < 1.29 is 32.0 Å². The van der Waals surface area contributed by atoms with E-state index in [2.05, 4.69) is 45.2 Å². The van der Waals surface area contributed by atoms with Gasteiger partial charge < -0.3 is 9.47 Å².